The topological polar surface area (TPSA) is 78.7 Å². The van der Waals surface area contributed by atoms with Crippen LogP contribution >= 0.6 is 11.6 Å². The molecule has 5 nitrogen and oxygen atoms in total. The molecule has 0 saturated heterocycles. The van der Waals surface area contributed by atoms with Crippen molar-refractivity contribution >= 4 is 23.2 Å². The molecule has 1 amide bonds. The Balaban J connectivity index is 2.22. The average molecular weight is 277 g/mol. The number of halogens is 2. The van der Waals surface area contributed by atoms with Crippen LogP contribution in [0.5, 0.6) is 0 Å². The van der Waals surface area contributed by atoms with E-state index in [-0.39, 0.29) is 22.1 Å². The number of nitrogens with zero attached hydrogens (tertiary/aromatic N) is 3. The van der Waals surface area contributed by atoms with Crippen LogP contribution in [0.4, 0.5) is 10.1 Å². The van der Waals surface area contributed by atoms with Gasteiger partial charge in [0.1, 0.15) is 16.7 Å². The maximum absolute atomic E-state index is 13.6. The molecule has 0 unspecified atom stereocenters. The first kappa shape index (κ1) is 12.9. The summed E-state index contributed by atoms with van der Waals surface area (Å²) < 4.78 is 13.6. The maximum atomic E-state index is 13.6. The zero-order chi connectivity index (χ0) is 13.8. The molecule has 0 spiro atoms. The van der Waals surface area contributed by atoms with Crippen LogP contribution in [0.3, 0.4) is 0 Å². The van der Waals surface area contributed by atoms with Gasteiger partial charge >= 0.3 is 0 Å². The maximum Gasteiger partial charge on any atom is 0.276 e. The molecule has 0 saturated carbocycles. The molecule has 2 aromatic rings. The molecule has 2 rings (SSSR count). The Bertz CT molecular complexity index is 684. The van der Waals surface area contributed by atoms with Crippen LogP contribution in [0.1, 0.15) is 16.1 Å². The highest BCUT2D eigenvalue weighted by Crippen LogP contribution is 2.16. The molecular formula is C12H6ClFN4O. The van der Waals surface area contributed by atoms with Gasteiger partial charge in [-0.1, -0.05) is 11.6 Å². The number of aromatic nitrogens is 2. The van der Waals surface area contributed by atoms with Gasteiger partial charge in [0.05, 0.1) is 29.7 Å². The molecule has 1 N–H and O–H groups in total. The van der Waals surface area contributed by atoms with Gasteiger partial charge in [-0.05, 0) is 18.2 Å². The third kappa shape index (κ3) is 3.03. The second-order valence-electron chi connectivity index (χ2n) is 3.49. The fourth-order valence-electron chi connectivity index (χ4n) is 1.32. The Morgan fingerprint density at radius 1 is 1.42 bits per heavy atom. The van der Waals surface area contributed by atoms with E-state index < -0.39 is 11.7 Å². The predicted octanol–water partition coefficient (Wildman–Crippen LogP) is 2.39. The van der Waals surface area contributed by atoms with E-state index in [0.29, 0.717) is 0 Å². The number of anilines is 1. The first-order valence-electron chi connectivity index (χ1n) is 5.08. The Hall–Kier alpha value is -2.52. The Labute approximate surface area is 112 Å². The molecule has 0 aliphatic carbocycles. The van der Waals surface area contributed by atoms with Crippen LogP contribution in [-0.2, 0) is 0 Å². The van der Waals surface area contributed by atoms with Crippen LogP contribution in [-0.4, -0.2) is 15.9 Å². The summed E-state index contributed by atoms with van der Waals surface area (Å²) in [5.41, 5.74) is 0.0834. The summed E-state index contributed by atoms with van der Waals surface area (Å²) in [5, 5.41) is 11.0. The third-order valence-corrected chi connectivity index (χ3v) is 2.37. The van der Waals surface area contributed by atoms with E-state index in [1.165, 1.54) is 24.5 Å². The number of nitriles is 1. The van der Waals surface area contributed by atoms with E-state index in [9.17, 15) is 9.18 Å². The molecule has 19 heavy (non-hydrogen) atoms. The van der Waals surface area contributed by atoms with Gasteiger partial charge in [-0.15, -0.1) is 0 Å². The van der Waals surface area contributed by atoms with Crippen molar-refractivity contribution in [2.45, 2.75) is 0 Å². The molecule has 0 radical (unpaired) electrons. The number of hydrogen-bond donors (Lipinski definition) is 1. The Morgan fingerprint density at radius 3 is 2.84 bits per heavy atom. The van der Waals surface area contributed by atoms with Gasteiger partial charge in [0.15, 0.2) is 0 Å². The number of amides is 1. The van der Waals surface area contributed by atoms with Crippen LogP contribution in [0.25, 0.3) is 0 Å². The van der Waals surface area contributed by atoms with Crippen LogP contribution < -0.4 is 5.32 Å². The van der Waals surface area contributed by atoms with Gasteiger partial charge in [0.25, 0.3) is 5.91 Å². The smallest absolute Gasteiger partial charge is 0.276 e. The standard InChI is InChI=1S/C12H6ClFN4O/c13-11-6-16-5-10(17-11)12(19)18-9-2-1-7(4-15)3-8(9)14/h1-3,5-6H,(H,18,19). The second-order valence-corrected chi connectivity index (χ2v) is 3.87. The molecule has 1 heterocycles. The van der Waals surface area contributed by atoms with Crippen molar-refractivity contribution in [1.82, 2.24) is 9.97 Å². The predicted molar refractivity (Wildman–Crippen MR) is 66.1 cm³/mol. The van der Waals surface area contributed by atoms with Gasteiger partial charge in [-0.3, -0.25) is 9.78 Å². The minimum Gasteiger partial charge on any atom is -0.318 e. The molecule has 0 aliphatic heterocycles. The van der Waals surface area contributed by atoms with Crippen molar-refractivity contribution in [3.05, 3.63) is 52.8 Å². The number of carbonyl (C=O) groups is 1. The zero-order valence-corrected chi connectivity index (χ0v) is 10.1. The SMILES string of the molecule is N#Cc1ccc(NC(=O)c2cncc(Cl)n2)c(F)c1. The van der Waals surface area contributed by atoms with E-state index in [1.807, 2.05) is 0 Å². The highest BCUT2D eigenvalue weighted by molar-refractivity contribution is 6.29. The van der Waals surface area contributed by atoms with Gasteiger partial charge in [-0.25, -0.2) is 9.37 Å². The van der Waals surface area contributed by atoms with Crippen molar-refractivity contribution in [2.24, 2.45) is 0 Å². The van der Waals surface area contributed by atoms with Gasteiger partial charge < -0.3 is 5.32 Å². The summed E-state index contributed by atoms with van der Waals surface area (Å²) >= 11 is 5.60. The minimum atomic E-state index is -0.706. The number of nitrogens with one attached hydrogen (secondary N) is 1. The molecule has 7 heteroatoms. The highest BCUT2D eigenvalue weighted by Gasteiger charge is 2.11. The van der Waals surface area contributed by atoms with E-state index in [4.69, 9.17) is 16.9 Å². The number of rotatable bonds is 2. The normalized spacial score (nSPS) is 9.74. The molecule has 0 bridgehead atoms. The van der Waals surface area contributed by atoms with Crippen molar-refractivity contribution < 1.29 is 9.18 Å². The summed E-state index contributed by atoms with van der Waals surface area (Å²) in [7, 11) is 0. The fraction of sp³-hybridized carbons (Fsp3) is 0. The molecule has 0 aliphatic rings. The van der Waals surface area contributed by atoms with E-state index in [1.54, 1.807) is 6.07 Å². The Morgan fingerprint density at radius 2 is 2.21 bits per heavy atom. The molecule has 1 aromatic carbocycles. The van der Waals surface area contributed by atoms with E-state index in [2.05, 4.69) is 15.3 Å². The highest BCUT2D eigenvalue weighted by atomic mass is 35.5. The van der Waals surface area contributed by atoms with Crippen molar-refractivity contribution in [3.63, 3.8) is 0 Å². The molecule has 94 valence electrons. The minimum absolute atomic E-state index is 0.0312. The summed E-state index contributed by atoms with van der Waals surface area (Å²) in [5.74, 6) is -1.35. The summed E-state index contributed by atoms with van der Waals surface area (Å²) in [4.78, 5) is 19.2. The molecule has 1 aromatic heterocycles. The van der Waals surface area contributed by atoms with Crippen molar-refractivity contribution in [2.75, 3.05) is 5.32 Å². The van der Waals surface area contributed by atoms with Gasteiger partial charge in [-0.2, -0.15) is 5.26 Å². The largest absolute Gasteiger partial charge is 0.318 e. The number of hydrogen-bond acceptors (Lipinski definition) is 4. The average Bonchev–Trinajstić information content (AvgIpc) is 2.41. The van der Waals surface area contributed by atoms with Crippen molar-refractivity contribution in [3.8, 4) is 6.07 Å². The fourth-order valence-corrected chi connectivity index (χ4v) is 1.47. The summed E-state index contributed by atoms with van der Waals surface area (Å²) in [6, 6.07) is 5.51. The van der Waals surface area contributed by atoms with Crippen LogP contribution in [0, 0.1) is 17.1 Å². The Kier molecular flexibility index (Phi) is 3.68. The molecule has 0 atom stereocenters. The lowest BCUT2D eigenvalue weighted by Crippen LogP contribution is -2.15. The van der Waals surface area contributed by atoms with Crippen LogP contribution in [0.2, 0.25) is 5.15 Å². The van der Waals surface area contributed by atoms with E-state index >= 15 is 0 Å². The lowest BCUT2D eigenvalue weighted by molar-refractivity contribution is 0.102. The lowest BCUT2D eigenvalue weighted by Gasteiger charge is -2.05. The van der Waals surface area contributed by atoms with Gasteiger partial charge in [0.2, 0.25) is 0 Å². The van der Waals surface area contributed by atoms with Crippen molar-refractivity contribution in [1.29, 1.82) is 5.26 Å². The summed E-state index contributed by atoms with van der Waals surface area (Å²) in [6.07, 6.45) is 2.49. The third-order valence-electron chi connectivity index (χ3n) is 2.18. The second kappa shape index (κ2) is 5.42. The summed E-state index contributed by atoms with van der Waals surface area (Å²) in [6.45, 7) is 0. The zero-order valence-electron chi connectivity index (χ0n) is 9.39. The monoisotopic (exact) mass is 276 g/mol. The van der Waals surface area contributed by atoms with Crippen LogP contribution in [0.15, 0.2) is 30.6 Å². The van der Waals surface area contributed by atoms with E-state index in [0.717, 1.165) is 6.07 Å². The molecule has 0 fully saturated rings. The lowest BCUT2D eigenvalue weighted by atomic mass is 10.2. The molecular weight excluding hydrogens is 271 g/mol. The first-order valence-corrected chi connectivity index (χ1v) is 5.46. The first-order chi connectivity index (χ1) is 9.10. The number of benzene rings is 1. The number of carbonyl (C=O) groups excluding carboxylic acids is 1. The quantitative estimate of drug-likeness (QED) is 0.913. The van der Waals surface area contributed by atoms with Gasteiger partial charge in [0, 0.05) is 0 Å².